The van der Waals surface area contributed by atoms with Gasteiger partial charge in [0.05, 0.1) is 13.2 Å². The molecule has 0 spiro atoms. The van der Waals surface area contributed by atoms with Crippen molar-refractivity contribution in [3.05, 3.63) is 35.9 Å². The van der Waals surface area contributed by atoms with Crippen LogP contribution in [-0.4, -0.2) is 19.7 Å². The van der Waals surface area contributed by atoms with E-state index in [4.69, 9.17) is 4.74 Å². The minimum Gasteiger partial charge on any atom is -0.375 e. The Morgan fingerprint density at radius 2 is 1.88 bits per heavy atom. The summed E-state index contributed by atoms with van der Waals surface area (Å²) < 4.78 is 5.62. The number of hydrogen-bond acceptors (Lipinski definition) is 2. The minimum atomic E-state index is 0.728. The minimum absolute atomic E-state index is 0.728. The maximum absolute atomic E-state index is 5.62. The maximum Gasteiger partial charge on any atom is 0.0717 e. The average Bonchev–Trinajstić information content (AvgIpc) is 2.88. The summed E-state index contributed by atoms with van der Waals surface area (Å²) in [6.45, 7) is 3.69. The van der Waals surface area contributed by atoms with Gasteiger partial charge < -0.3 is 10.1 Å². The predicted octanol–water partition coefficient (Wildman–Crippen LogP) is 2.98. The van der Waals surface area contributed by atoms with Gasteiger partial charge in [-0.1, -0.05) is 43.2 Å². The van der Waals surface area contributed by atoms with Gasteiger partial charge in [0.1, 0.15) is 0 Å². The highest BCUT2D eigenvalue weighted by atomic mass is 16.5. The van der Waals surface area contributed by atoms with Crippen LogP contribution < -0.4 is 5.32 Å². The van der Waals surface area contributed by atoms with E-state index < -0.39 is 0 Å². The smallest absolute Gasteiger partial charge is 0.0717 e. The van der Waals surface area contributed by atoms with Crippen molar-refractivity contribution in [2.75, 3.05) is 19.7 Å². The highest BCUT2D eigenvalue weighted by molar-refractivity contribution is 5.13. The van der Waals surface area contributed by atoms with Gasteiger partial charge in [0.25, 0.3) is 0 Å². The van der Waals surface area contributed by atoms with E-state index in [1.165, 1.54) is 37.8 Å². The molecule has 0 radical (unpaired) electrons. The van der Waals surface area contributed by atoms with Crippen LogP contribution in [0.25, 0.3) is 0 Å². The van der Waals surface area contributed by atoms with Gasteiger partial charge in [-0.05, 0) is 30.9 Å². The largest absolute Gasteiger partial charge is 0.375 e. The summed E-state index contributed by atoms with van der Waals surface area (Å²) in [5.74, 6) is 0.920. The molecular formula is C15H23NO. The van der Waals surface area contributed by atoms with Crippen molar-refractivity contribution in [1.29, 1.82) is 0 Å². The lowest BCUT2D eigenvalue weighted by Gasteiger charge is -2.10. The molecule has 17 heavy (non-hydrogen) atoms. The average molecular weight is 233 g/mol. The maximum atomic E-state index is 5.62. The van der Waals surface area contributed by atoms with Crippen molar-refractivity contribution in [1.82, 2.24) is 5.32 Å². The van der Waals surface area contributed by atoms with Crippen molar-refractivity contribution in [3.8, 4) is 0 Å². The first-order valence-corrected chi connectivity index (χ1v) is 6.77. The Balaban J connectivity index is 1.46. The van der Waals surface area contributed by atoms with Crippen LogP contribution in [0.2, 0.25) is 0 Å². The van der Waals surface area contributed by atoms with Crippen molar-refractivity contribution in [2.24, 2.45) is 5.92 Å². The topological polar surface area (TPSA) is 21.3 Å². The van der Waals surface area contributed by atoms with Crippen LogP contribution in [0.1, 0.15) is 31.2 Å². The summed E-state index contributed by atoms with van der Waals surface area (Å²) >= 11 is 0. The van der Waals surface area contributed by atoms with E-state index in [0.717, 1.165) is 25.7 Å². The van der Waals surface area contributed by atoms with Gasteiger partial charge in [0.2, 0.25) is 0 Å². The Kier molecular flexibility index (Phi) is 5.53. The third kappa shape index (κ3) is 4.88. The van der Waals surface area contributed by atoms with Crippen molar-refractivity contribution < 1.29 is 4.74 Å². The van der Waals surface area contributed by atoms with Crippen molar-refractivity contribution in [2.45, 2.75) is 32.3 Å². The quantitative estimate of drug-likeness (QED) is 0.731. The molecule has 1 aliphatic carbocycles. The molecule has 2 nitrogen and oxygen atoms in total. The van der Waals surface area contributed by atoms with E-state index >= 15 is 0 Å². The fraction of sp³-hybridized carbons (Fsp3) is 0.600. The molecule has 1 aromatic carbocycles. The Morgan fingerprint density at radius 1 is 1.12 bits per heavy atom. The summed E-state index contributed by atoms with van der Waals surface area (Å²) in [5.41, 5.74) is 1.25. The fourth-order valence-electron chi connectivity index (χ4n) is 2.43. The lowest BCUT2D eigenvalue weighted by atomic mass is 10.1. The SMILES string of the molecule is c1ccc(COCCNCC2CCCC2)cc1. The Hall–Kier alpha value is -0.860. The highest BCUT2D eigenvalue weighted by Gasteiger charge is 2.13. The van der Waals surface area contributed by atoms with Crippen LogP contribution in [-0.2, 0) is 11.3 Å². The lowest BCUT2D eigenvalue weighted by molar-refractivity contribution is 0.122. The van der Waals surface area contributed by atoms with Gasteiger partial charge in [0, 0.05) is 6.54 Å². The zero-order valence-electron chi connectivity index (χ0n) is 10.5. The van der Waals surface area contributed by atoms with Gasteiger partial charge >= 0.3 is 0 Å². The molecule has 2 rings (SSSR count). The molecule has 2 heteroatoms. The Labute approximate surface area is 104 Å². The van der Waals surface area contributed by atoms with Crippen LogP contribution in [0.5, 0.6) is 0 Å². The fourth-order valence-corrected chi connectivity index (χ4v) is 2.43. The summed E-state index contributed by atoms with van der Waals surface area (Å²) in [4.78, 5) is 0. The molecule has 0 unspecified atom stereocenters. The molecule has 1 N–H and O–H groups in total. The molecule has 0 heterocycles. The van der Waals surface area contributed by atoms with E-state index in [1.807, 2.05) is 6.07 Å². The molecule has 1 aromatic rings. The molecule has 94 valence electrons. The normalized spacial score (nSPS) is 16.5. The number of nitrogens with one attached hydrogen (secondary N) is 1. The molecule has 0 saturated heterocycles. The van der Waals surface area contributed by atoms with E-state index in [0.29, 0.717) is 0 Å². The van der Waals surface area contributed by atoms with Crippen LogP contribution >= 0.6 is 0 Å². The van der Waals surface area contributed by atoms with E-state index in [9.17, 15) is 0 Å². The monoisotopic (exact) mass is 233 g/mol. The first-order chi connectivity index (χ1) is 8.45. The van der Waals surface area contributed by atoms with Gasteiger partial charge in [-0.3, -0.25) is 0 Å². The third-order valence-electron chi connectivity index (χ3n) is 3.44. The molecule has 0 bridgehead atoms. The lowest BCUT2D eigenvalue weighted by Crippen LogP contribution is -2.25. The van der Waals surface area contributed by atoms with Gasteiger partial charge in [-0.15, -0.1) is 0 Å². The number of rotatable bonds is 7. The van der Waals surface area contributed by atoms with Gasteiger partial charge in [-0.2, -0.15) is 0 Å². The van der Waals surface area contributed by atoms with Crippen LogP contribution in [0.3, 0.4) is 0 Å². The predicted molar refractivity (Wildman–Crippen MR) is 70.9 cm³/mol. The number of hydrogen-bond donors (Lipinski definition) is 1. The first kappa shape index (κ1) is 12.6. The number of benzene rings is 1. The molecule has 1 fully saturated rings. The van der Waals surface area contributed by atoms with Crippen LogP contribution in [0, 0.1) is 5.92 Å². The zero-order valence-corrected chi connectivity index (χ0v) is 10.5. The second kappa shape index (κ2) is 7.46. The second-order valence-electron chi connectivity index (χ2n) is 4.89. The summed E-state index contributed by atoms with van der Waals surface area (Å²) in [6.07, 6.45) is 5.68. The van der Waals surface area contributed by atoms with Crippen LogP contribution in [0.4, 0.5) is 0 Å². The summed E-state index contributed by atoms with van der Waals surface area (Å²) in [6, 6.07) is 10.3. The Bertz CT molecular complexity index is 293. The molecule has 1 saturated carbocycles. The van der Waals surface area contributed by atoms with Crippen molar-refractivity contribution >= 4 is 0 Å². The molecule has 0 aliphatic heterocycles. The van der Waals surface area contributed by atoms with Gasteiger partial charge in [-0.25, -0.2) is 0 Å². The molecule has 0 atom stereocenters. The molecule has 0 amide bonds. The van der Waals surface area contributed by atoms with E-state index in [-0.39, 0.29) is 0 Å². The van der Waals surface area contributed by atoms with E-state index in [2.05, 4.69) is 29.6 Å². The Morgan fingerprint density at radius 3 is 2.65 bits per heavy atom. The third-order valence-corrected chi connectivity index (χ3v) is 3.44. The standard InChI is InChI=1S/C15H23NO/c1-2-8-15(9-3-1)13-17-11-10-16-12-14-6-4-5-7-14/h1-3,8-9,14,16H,4-7,10-13H2. The zero-order chi connectivity index (χ0) is 11.8. The van der Waals surface area contributed by atoms with Gasteiger partial charge in [0.15, 0.2) is 0 Å². The summed E-state index contributed by atoms with van der Waals surface area (Å²) in [5, 5.41) is 3.49. The summed E-state index contributed by atoms with van der Waals surface area (Å²) in [7, 11) is 0. The second-order valence-corrected chi connectivity index (χ2v) is 4.89. The highest BCUT2D eigenvalue weighted by Crippen LogP contribution is 2.23. The van der Waals surface area contributed by atoms with E-state index in [1.54, 1.807) is 0 Å². The molecule has 0 aromatic heterocycles. The molecular weight excluding hydrogens is 210 g/mol. The van der Waals surface area contributed by atoms with Crippen molar-refractivity contribution in [3.63, 3.8) is 0 Å². The van der Waals surface area contributed by atoms with Crippen LogP contribution in [0.15, 0.2) is 30.3 Å². The number of ether oxygens (including phenoxy) is 1. The molecule has 1 aliphatic rings. The first-order valence-electron chi connectivity index (χ1n) is 6.77.